The Morgan fingerprint density at radius 2 is 1.70 bits per heavy atom. The number of thioether (sulfide) groups is 1. The second-order valence-electron chi connectivity index (χ2n) is 5.37. The molecule has 0 aliphatic carbocycles. The Bertz CT molecular complexity index is 640. The number of carbonyl (C=O) groups is 1. The molecule has 2 aromatic carbocycles. The van der Waals surface area contributed by atoms with Gasteiger partial charge in [-0.05, 0) is 42.5 Å². The van der Waals surface area contributed by atoms with Crippen molar-refractivity contribution < 1.29 is 4.79 Å². The summed E-state index contributed by atoms with van der Waals surface area (Å²) in [6.45, 7) is 3.35. The van der Waals surface area contributed by atoms with Gasteiger partial charge >= 0.3 is 0 Å². The Labute approximate surface area is 149 Å². The molecule has 1 aliphatic heterocycles. The molecular weight excluding hydrogens is 372 g/mol. The first-order valence-corrected chi connectivity index (χ1v) is 9.37. The summed E-state index contributed by atoms with van der Waals surface area (Å²) in [5.41, 5.74) is 1.22. The van der Waals surface area contributed by atoms with Gasteiger partial charge in [0.25, 0.3) is 0 Å². The minimum absolute atomic E-state index is 0.221. The molecule has 0 spiro atoms. The van der Waals surface area contributed by atoms with E-state index in [1.807, 2.05) is 29.2 Å². The number of hydrogen-bond donors (Lipinski definition) is 0. The van der Waals surface area contributed by atoms with E-state index < -0.39 is 0 Å². The molecule has 0 atom stereocenters. The fraction of sp³-hybridized carbons (Fsp3) is 0.278. The Balaban J connectivity index is 1.48. The molecule has 0 aromatic heterocycles. The highest BCUT2D eigenvalue weighted by atomic mass is 79.9. The van der Waals surface area contributed by atoms with Gasteiger partial charge in [0, 0.05) is 41.2 Å². The molecule has 2 aromatic rings. The maximum absolute atomic E-state index is 12.3. The lowest BCUT2D eigenvalue weighted by atomic mass is 10.2. The molecule has 3 rings (SSSR count). The molecule has 0 N–H and O–H groups in total. The highest BCUT2D eigenvalue weighted by Gasteiger charge is 2.21. The van der Waals surface area contributed by atoms with Gasteiger partial charge in [0.15, 0.2) is 0 Å². The van der Waals surface area contributed by atoms with Crippen molar-refractivity contribution in [2.24, 2.45) is 0 Å². The molecule has 5 heteroatoms. The van der Waals surface area contributed by atoms with Crippen molar-refractivity contribution in [3.8, 4) is 0 Å². The predicted octanol–water partition coefficient (Wildman–Crippen LogP) is 3.69. The monoisotopic (exact) mass is 389 g/mol. The van der Waals surface area contributed by atoms with Crippen molar-refractivity contribution in [3.63, 3.8) is 0 Å². The molecule has 1 fully saturated rings. The van der Waals surface area contributed by atoms with E-state index in [2.05, 4.69) is 51.2 Å². The van der Waals surface area contributed by atoms with Gasteiger partial charge in [0.1, 0.15) is 0 Å². The van der Waals surface area contributed by atoms with Crippen LogP contribution in [-0.2, 0) is 4.79 Å². The maximum Gasteiger partial charge on any atom is 0.233 e. The number of rotatable bonds is 4. The number of carbonyl (C=O) groups excluding carboxylic acids is 1. The number of benzene rings is 2. The number of halogens is 1. The van der Waals surface area contributed by atoms with E-state index in [0.29, 0.717) is 5.75 Å². The highest BCUT2D eigenvalue weighted by molar-refractivity contribution is 9.10. The average molecular weight is 390 g/mol. The molecule has 1 heterocycles. The van der Waals surface area contributed by atoms with Crippen molar-refractivity contribution in [1.82, 2.24) is 4.90 Å². The van der Waals surface area contributed by atoms with E-state index in [1.54, 1.807) is 11.8 Å². The van der Waals surface area contributed by atoms with Gasteiger partial charge in [-0.15, -0.1) is 11.8 Å². The summed E-state index contributed by atoms with van der Waals surface area (Å²) in [5, 5.41) is 0. The van der Waals surface area contributed by atoms with E-state index in [1.165, 1.54) is 5.69 Å². The van der Waals surface area contributed by atoms with Crippen LogP contribution < -0.4 is 4.90 Å². The van der Waals surface area contributed by atoms with Crippen molar-refractivity contribution in [1.29, 1.82) is 0 Å². The summed E-state index contributed by atoms with van der Waals surface area (Å²) in [7, 11) is 0. The van der Waals surface area contributed by atoms with E-state index in [-0.39, 0.29) is 5.91 Å². The molecule has 23 heavy (non-hydrogen) atoms. The Morgan fingerprint density at radius 3 is 2.35 bits per heavy atom. The average Bonchev–Trinajstić information content (AvgIpc) is 2.61. The Morgan fingerprint density at radius 1 is 1.04 bits per heavy atom. The highest BCUT2D eigenvalue weighted by Crippen LogP contribution is 2.21. The number of anilines is 1. The largest absolute Gasteiger partial charge is 0.368 e. The first-order chi connectivity index (χ1) is 11.2. The summed E-state index contributed by atoms with van der Waals surface area (Å²) in [4.78, 5) is 17.7. The van der Waals surface area contributed by atoms with Crippen LogP contribution in [0.3, 0.4) is 0 Å². The molecule has 0 unspecified atom stereocenters. The van der Waals surface area contributed by atoms with Crippen LogP contribution in [0.1, 0.15) is 0 Å². The zero-order chi connectivity index (χ0) is 16.1. The summed E-state index contributed by atoms with van der Waals surface area (Å²) in [6.07, 6.45) is 0. The lowest BCUT2D eigenvalue weighted by molar-refractivity contribution is -0.128. The number of amides is 1. The third kappa shape index (κ3) is 4.52. The van der Waals surface area contributed by atoms with E-state index in [9.17, 15) is 4.79 Å². The SMILES string of the molecule is O=C(CSc1cc[c]cc1)N1CCN(c2ccc(Br)cc2)CC1. The standard InChI is InChI=1S/C18H18BrN2OS/c19-15-6-8-16(9-7-15)20-10-12-21(13-11-20)18(22)14-23-17-4-2-1-3-5-17/h2-9H,10-14H2. The lowest BCUT2D eigenvalue weighted by Gasteiger charge is -2.36. The van der Waals surface area contributed by atoms with E-state index in [4.69, 9.17) is 0 Å². The zero-order valence-corrected chi connectivity index (χ0v) is 15.1. The molecule has 1 aliphatic rings. The molecular formula is C18H18BrN2OS. The fourth-order valence-corrected chi connectivity index (χ4v) is 3.64. The van der Waals surface area contributed by atoms with Gasteiger partial charge in [-0.25, -0.2) is 0 Å². The van der Waals surface area contributed by atoms with Crippen LogP contribution >= 0.6 is 27.7 Å². The maximum atomic E-state index is 12.3. The minimum atomic E-state index is 0.221. The van der Waals surface area contributed by atoms with Crippen LogP contribution in [0.4, 0.5) is 5.69 Å². The second-order valence-corrected chi connectivity index (χ2v) is 7.33. The van der Waals surface area contributed by atoms with E-state index >= 15 is 0 Å². The van der Waals surface area contributed by atoms with Crippen molar-refractivity contribution in [2.75, 3.05) is 36.8 Å². The smallest absolute Gasteiger partial charge is 0.233 e. The van der Waals surface area contributed by atoms with Crippen molar-refractivity contribution in [2.45, 2.75) is 4.90 Å². The molecule has 0 bridgehead atoms. The minimum Gasteiger partial charge on any atom is -0.368 e. The molecule has 1 radical (unpaired) electrons. The van der Waals surface area contributed by atoms with Crippen LogP contribution in [0, 0.1) is 6.07 Å². The Kier molecular flexibility index (Phi) is 5.62. The molecule has 1 amide bonds. The summed E-state index contributed by atoms with van der Waals surface area (Å²) in [5.74, 6) is 0.723. The predicted molar refractivity (Wildman–Crippen MR) is 98.9 cm³/mol. The zero-order valence-electron chi connectivity index (χ0n) is 12.7. The molecule has 3 nitrogen and oxygen atoms in total. The molecule has 119 valence electrons. The number of piperazine rings is 1. The normalized spacial score (nSPS) is 14.8. The van der Waals surface area contributed by atoms with Crippen LogP contribution in [0.25, 0.3) is 0 Å². The van der Waals surface area contributed by atoms with Gasteiger partial charge in [0.2, 0.25) is 5.91 Å². The first-order valence-electron chi connectivity index (χ1n) is 7.59. The fourth-order valence-electron chi connectivity index (χ4n) is 2.57. The third-order valence-corrected chi connectivity index (χ3v) is 5.40. The van der Waals surface area contributed by atoms with Crippen LogP contribution in [-0.4, -0.2) is 42.7 Å². The first kappa shape index (κ1) is 16.4. The van der Waals surface area contributed by atoms with Crippen molar-refractivity contribution in [3.05, 3.63) is 59.1 Å². The third-order valence-electron chi connectivity index (χ3n) is 3.87. The quantitative estimate of drug-likeness (QED) is 0.744. The van der Waals surface area contributed by atoms with Gasteiger partial charge in [-0.3, -0.25) is 4.79 Å². The van der Waals surface area contributed by atoms with Crippen LogP contribution in [0.5, 0.6) is 0 Å². The summed E-state index contributed by atoms with van der Waals surface area (Å²) in [6, 6.07) is 19.1. The number of hydrogen-bond acceptors (Lipinski definition) is 3. The second kappa shape index (κ2) is 7.88. The lowest BCUT2D eigenvalue weighted by Crippen LogP contribution is -2.49. The van der Waals surface area contributed by atoms with Crippen LogP contribution in [0.15, 0.2) is 57.9 Å². The topological polar surface area (TPSA) is 23.6 Å². The van der Waals surface area contributed by atoms with Gasteiger partial charge < -0.3 is 9.80 Å². The van der Waals surface area contributed by atoms with Gasteiger partial charge in [-0.1, -0.05) is 28.1 Å². The Hall–Kier alpha value is -1.46. The molecule has 0 saturated carbocycles. The number of nitrogens with zero attached hydrogens (tertiary/aromatic N) is 2. The molecule has 1 saturated heterocycles. The van der Waals surface area contributed by atoms with Crippen molar-refractivity contribution >= 4 is 39.3 Å². The van der Waals surface area contributed by atoms with E-state index in [0.717, 1.165) is 35.5 Å². The van der Waals surface area contributed by atoms with Gasteiger partial charge in [0.05, 0.1) is 5.75 Å². The van der Waals surface area contributed by atoms with Gasteiger partial charge in [-0.2, -0.15) is 0 Å². The summed E-state index contributed by atoms with van der Waals surface area (Å²) < 4.78 is 1.09. The van der Waals surface area contributed by atoms with Crippen LogP contribution in [0.2, 0.25) is 0 Å². The summed E-state index contributed by atoms with van der Waals surface area (Å²) >= 11 is 5.05.